The average molecular weight is 363 g/mol. The van der Waals surface area contributed by atoms with Gasteiger partial charge in [-0.05, 0) is 11.6 Å². The fourth-order valence-electron chi connectivity index (χ4n) is 2.10. The Morgan fingerprint density at radius 2 is 1.76 bits per heavy atom. The largest absolute Gasteiger partial charge is 1.00 e. The highest BCUT2D eigenvalue weighted by Crippen LogP contribution is 2.14. The van der Waals surface area contributed by atoms with Crippen LogP contribution in [-0.2, 0) is 17.9 Å². The van der Waals surface area contributed by atoms with Crippen LogP contribution in [0.5, 0.6) is 0 Å². The minimum Gasteiger partial charge on any atom is -1.00 e. The van der Waals surface area contributed by atoms with Crippen LogP contribution < -0.4 is 26.9 Å². The molecule has 3 rings (SSSR count). The Hall–Kier alpha value is -1.72. The zero-order chi connectivity index (χ0) is 13.8. The number of nitrogens with zero attached hydrogens (tertiary/aromatic N) is 1. The number of halogens is 1. The summed E-state index contributed by atoms with van der Waals surface area (Å²) in [5, 5.41) is 2.95. The number of carbonyl (C=O) groups excluding carboxylic acids is 1. The predicted molar refractivity (Wildman–Crippen MR) is 80.3 cm³/mol. The Kier molecular flexibility index (Phi) is 5.47. The minimum atomic E-state index is 0. The van der Waals surface area contributed by atoms with Crippen LogP contribution in [-0.4, -0.2) is 5.91 Å². The first-order valence-corrected chi connectivity index (χ1v) is 7.37. The lowest BCUT2D eigenvalue weighted by Gasteiger charge is -2.02. The maximum absolute atomic E-state index is 12.0. The molecule has 0 saturated carbocycles. The van der Waals surface area contributed by atoms with Crippen LogP contribution in [0.4, 0.5) is 0 Å². The van der Waals surface area contributed by atoms with E-state index in [1.807, 2.05) is 58.6 Å². The number of benzene rings is 2. The SMILES string of the molecule is O=C(C[n+]1csc2ccccc21)NCc1ccccc1.[Br-]. The number of carbonyl (C=O) groups is 1. The van der Waals surface area contributed by atoms with Crippen molar-refractivity contribution < 1.29 is 26.3 Å². The Labute approximate surface area is 138 Å². The van der Waals surface area contributed by atoms with Crippen LogP contribution in [0.1, 0.15) is 5.56 Å². The van der Waals surface area contributed by atoms with E-state index in [1.165, 1.54) is 4.70 Å². The van der Waals surface area contributed by atoms with E-state index in [9.17, 15) is 4.79 Å². The molecule has 0 aliphatic rings. The number of aromatic nitrogens is 1. The summed E-state index contributed by atoms with van der Waals surface area (Å²) in [7, 11) is 0. The number of hydrogen-bond donors (Lipinski definition) is 1. The van der Waals surface area contributed by atoms with Crippen molar-refractivity contribution in [1.29, 1.82) is 0 Å². The second-order valence-corrected chi connectivity index (χ2v) is 5.47. The van der Waals surface area contributed by atoms with Crippen LogP contribution in [0.25, 0.3) is 10.2 Å². The van der Waals surface area contributed by atoms with E-state index in [2.05, 4.69) is 11.4 Å². The fourth-order valence-corrected chi connectivity index (χ4v) is 2.99. The van der Waals surface area contributed by atoms with Crippen LogP contribution in [0, 0.1) is 0 Å². The Morgan fingerprint density at radius 1 is 1.05 bits per heavy atom. The highest BCUT2D eigenvalue weighted by molar-refractivity contribution is 7.16. The third-order valence-corrected chi connectivity index (χ3v) is 4.09. The molecule has 0 fully saturated rings. The molecule has 0 spiro atoms. The molecule has 0 bridgehead atoms. The molecule has 0 saturated heterocycles. The maximum Gasteiger partial charge on any atom is 0.286 e. The lowest BCUT2D eigenvalue weighted by molar-refractivity contribution is -0.654. The van der Waals surface area contributed by atoms with Crippen molar-refractivity contribution in [2.24, 2.45) is 0 Å². The molecule has 1 aromatic heterocycles. The molecule has 3 nitrogen and oxygen atoms in total. The Bertz CT molecular complexity index is 727. The smallest absolute Gasteiger partial charge is 0.286 e. The van der Waals surface area contributed by atoms with Gasteiger partial charge >= 0.3 is 0 Å². The second-order valence-electron chi connectivity index (χ2n) is 4.58. The summed E-state index contributed by atoms with van der Waals surface area (Å²) in [6, 6.07) is 18.0. The van der Waals surface area contributed by atoms with E-state index < -0.39 is 0 Å². The van der Waals surface area contributed by atoms with E-state index in [4.69, 9.17) is 0 Å². The summed E-state index contributed by atoms with van der Waals surface area (Å²) >= 11 is 1.65. The van der Waals surface area contributed by atoms with E-state index in [1.54, 1.807) is 11.3 Å². The number of fused-ring (bicyclic) bond motifs is 1. The lowest BCUT2D eigenvalue weighted by atomic mass is 10.2. The van der Waals surface area contributed by atoms with E-state index in [-0.39, 0.29) is 22.9 Å². The molecule has 1 amide bonds. The van der Waals surface area contributed by atoms with Crippen molar-refractivity contribution in [2.75, 3.05) is 0 Å². The molecule has 5 heteroatoms. The summed E-state index contributed by atoms with van der Waals surface area (Å²) in [5.74, 6) is 0.0300. The molecular weight excluding hydrogens is 348 g/mol. The highest BCUT2D eigenvalue weighted by Gasteiger charge is 2.14. The highest BCUT2D eigenvalue weighted by atomic mass is 79.9. The molecule has 0 unspecified atom stereocenters. The van der Waals surface area contributed by atoms with Crippen LogP contribution in [0.3, 0.4) is 0 Å². The molecule has 1 heterocycles. The third-order valence-electron chi connectivity index (χ3n) is 3.13. The summed E-state index contributed by atoms with van der Waals surface area (Å²) in [6.07, 6.45) is 0. The molecule has 0 aliphatic carbocycles. The van der Waals surface area contributed by atoms with E-state index in [0.717, 1.165) is 11.1 Å². The molecule has 2 aromatic carbocycles. The number of thiazole rings is 1. The standard InChI is InChI=1S/C16H14N2OS.BrH/c19-16(17-10-13-6-2-1-3-7-13)11-18-12-20-15-9-5-4-8-14(15)18;/h1-9,12H,10-11H2;1H. The molecular formula is C16H15BrN2OS. The lowest BCUT2D eigenvalue weighted by Crippen LogP contribution is -3.00. The van der Waals surface area contributed by atoms with Crippen molar-refractivity contribution in [1.82, 2.24) is 5.32 Å². The van der Waals surface area contributed by atoms with Gasteiger partial charge in [0, 0.05) is 12.6 Å². The van der Waals surface area contributed by atoms with Gasteiger partial charge in [-0.1, -0.05) is 53.8 Å². The van der Waals surface area contributed by atoms with Gasteiger partial charge in [0.15, 0.2) is 0 Å². The molecule has 3 aromatic rings. The van der Waals surface area contributed by atoms with Gasteiger partial charge in [-0.15, -0.1) is 0 Å². The number of hydrogen-bond acceptors (Lipinski definition) is 2. The molecule has 0 radical (unpaired) electrons. The zero-order valence-electron chi connectivity index (χ0n) is 11.3. The minimum absolute atomic E-state index is 0. The van der Waals surface area contributed by atoms with Crippen LogP contribution in [0.15, 0.2) is 60.1 Å². The van der Waals surface area contributed by atoms with Crippen molar-refractivity contribution in [2.45, 2.75) is 13.1 Å². The van der Waals surface area contributed by atoms with Crippen molar-refractivity contribution in [3.8, 4) is 0 Å². The van der Waals surface area contributed by atoms with Crippen LogP contribution >= 0.6 is 11.3 Å². The number of amides is 1. The van der Waals surface area contributed by atoms with E-state index >= 15 is 0 Å². The van der Waals surface area contributed by atoms with Gasteiger partial charge in [-0.3, -0.25) is 4.79 Å². The van der Waals surface area contributed by atoms with Crippen molar-refractivity contribution in [3.05, 3.63) is 65.7 Å². The Morgan fingerprint density at radius 3 is 2.57 bits per heavy atom. The molecule has 0 aliphatic heterocycles. The summed E-state index contributed by atoms with van der Waals surface area (Å²) in [4.78, 5) is 12.0. The topological polar surface area (TPSA) is 33.0 Å². The van der Waals surface area contributed by atoms with Crippen molar-refractivity contribution >= 4 is 27.5 Å². The molecule has 1 N–H and O–H groups in total. The normalized spacial score (nSPS) is 10.1. The number of para-hydroxylation sites is 1. The fraction of sp³-hybridized carbons (Fsp3) is 0.125. The number of rotatable bonds is 4. The Balaban J connectivity index is 0.00000161. The molecule has 108 valence electrons. The van der Waals surface area contributed by atoms with Gasteiger partial charge in [-0.25, -0.2) is 0 Å². The van der Waals surface area contributed by atoms with E-state index in [0.29, 0.717) is 13.1 Å². The van der Waals surface area contributed by atoms with Gasteiger partial charge in [0.25, 0.3) is 5.91 Å². The monoisotopic (exact) mass is 362 g/mol. The summed E-state index contributed by atoms with van der Waals surface area (Å²) < 4.78 is 3.18. The van der Waals surface area contributed by atoms with Gasteiger partial charge in [0.05, 0.1) is 0 Å². The first-order valence-electron chi connectivity index (χ1n) is 6.49. The number of nitrogens with one attached hydrogen (secondary N) is 1. The van der Waals surface area contributed by atoms with Gasteiger partial charge in [0.2, 0.25) is 17.6 Å². The molecule has 21 heavy (non-hydrogen) atoms. The zero-order valence-corrected chi connectivity index (χ0v) is 13.7. The van der Waals surface area contributed by atoms with Gasteiger partial charge in [0.1, 0.15) is 4.70 Å². The second kappa shape index (κ2) is 7.33. The van der Waals surface area contributed by atoms with Gasteiger partial charge < -0.3 is 22.3 Å². The van der Waals surface area contributed by atoms with Crippen LogP contribution in [0.2, 0.25) is 0 Å². The quantitative estimate of drug-likeness (QED) is 0.624. The maximum atomic E-state index is 12.0. The third kappa shape index (κ3) is 3.89. The molecule has 0 atom stereocenters. The van der Waals surface area contributed by atoms with Gasteiger partial charge in [-0.2, -0.15) is 4.57 Å². The predicted octanol–water partition coefficient (Wildman–Crippen LogP) is -0.491. The summed E-state index contributed by atoms with van der Waals surface area (Å²) in [6.45, 7) is 0.930. The first kappa shape index (κ1) is 15.7. The van der Waals surface area contributed by atoms with Crippen molar-refractivity contribution in [3.63, 3.8) is 0 Å². The first-order chi connectivity index (χ1) is 9.83. The average Bonchev–Trinajstić information content (AvgIpc) is 2.90. The summed E-state index contributed by atoms with van der Waals surface area (Å²) in [5.41, 5.74) is 4.21.